The smallest absolute Gasteiger partial charge is 0.312 e. The number of rotatable bonds is 3. The third-order valence-corrected chi connectivity index (χ3v) is 3.62. The molecule has 0 saturated heterocycles. The quantitative estimate of drug-likeness (QED) is 0.725. The molecule has 0 aromatic carbocycles. The fourth-order valence-electron chi connectivity index (χ4n) is 0.758. The second kappa shape index (κ2) is 8.52. The Balaban J connectivity index is -0.000000709. The Morgan fingerprint density at radius 2 is 1.28 bits per heavy atom. The van der Waals surface area contributed by atoms with E-state index in [-0.39, 0.29) is 23.0 Å². The van der Waals surface area contributed by atoms with Gasteiger partial charge in [-0.3, -0.25) is 4.79 Å². The molecule has 0 aromatic rings. The lowest BCUT2D eigenvalue weighted by Crippen LogP contribution is -2.40. The van der Waals surface area contributed by atoms with Gasteiger partial charge in [0.2, 0.25) is 0 Å². The lowest BCUT2D eigenvalue weighted by atomic mass is 9.69. The van der Waals surface area contributed by atoms with E-state index >= 15 is 0 Å². The van der Waals surface area contributed by atoms with Gasteiger partial charge in [-0.1, -0.05) is 48.5 Å². The van der Waals surface area contributed by atoms with Crippen LogP contribution in [0.2, 0.25) is 0 Å². The molecule has 1 unspecified atom stereocenters. The van der Waals surface area contributed by atoms with Crippen molar-refractivity contribution in [2.24, 2.45) is 16.7 Å². The Bertz CT molecular complexity index is 224. The van der Waals surface area contributed by atoms with Crippen LogP contribution >= 0.6 is 0 Å². The van der Waals surface area contributed by atoms with Gasteiger partial charge >= 0.3 is 5.97 Å². The van der Waals surface area contributed by atoms with Crippen LogP contribution in [-0.4, -0.2) is 17.5 Å². The molecule has 0 saturated carbocycles. The van der Waals surface area contributed by atoms with E-state index in [0.717, 1.165) is 0 Å². The molecule has 1 atom stereocenters. The average Bonchev–Trinajstić information content (AvgIpc) is 2.18. The zero-order valence-electron chi connectivity index (χ0n) is 14.0. The SMILES string of the molecule is CC.CC(C)C(C)OC(=O)C(C)(C)C(C)(C)C.O. The predicted molar refractivity (Wildman–Crippen MR) is 78.6 cm³/mol. The summed E-state index contributed by atoms with van der Waals surface area (Å²) in [6.45, 7) is 20.1. The van der Waals surface area contributed by atoms with Gasteiger partial charge in [0.1, 0.15) is 6.10 Å². The molecular weight excluding hydrogens is 228 g/mol. The van der Waals surface area contributed by atoms with Crippen LogP contribution in [0.5, 0.6) is 0 Å². The van der Waals surface area contributed by atoms with Gasteiger partial charge in [0.05, 0.1) is 5.41 Å². The van der Waals surface area contributed by atoms with E-state index in [1.54, 1.807) is 0 Å². The molecule has 0 aliphatic rings. The molecule has 0 aliphatic carbocycles. The first-order chi connectivity index (χ1) is 7.50. The van der Waals surface area contributed by atoms with Gasteiger partial charge in [-0.2, -0.15) is 0 Å². The average molecular weight is 262 g/mol. The van der Waals surface area contributed by atoms with E-state index in [1.807, 2.05) is 34.6 Å². The summed E-state index contributed by atoms with van der Waals surface area (Å²) >= 11 is 0. The Morgan fingerprint density at radius 3 is 1.50 bits per heavy atom. The van der Waals surface area contributed by atoms with E-state index in [4.69, 9.17) is 4.74 Å². The van der Waals surface area contributed by atoms with E-state index in [2.05, 4.69) is 34.6 Å². The van der Waals surface area contributed by atoms with Gasteiger partial charge in [0.25, 0.3) is 0 Å². The number of hydrogen-bond donors (Lipinski definition) is 0. The van der Waals surface area contributed by atoms with Crippen LogP contribution in [0.3, 0.4) is 0 Å². The summed E-state index contributed by atoms with van der Waals surface area (Å²) in [6.07, 6.45) is -0.0147. The van der Waals surface area contributed by atoms with Crippen molar-refractivity contribution in [1.29, 1.82) is 0 Å². The molecule has 0 heterocycles. The molecule has 0 spiro atoms. The Labute approximate surface area is 114 Å². The van der Waals surface area contributed by atoms with Gasteiger partial charge in [-0.25, -0.2) is 0 Å². The lowest BCUT2D eigenvalue weighted by molar-refractivity contribution is -0.167. The van der Waals surface area contributed by atoms with Gasteiger partial charge in [-0.15, -0.1) is 0 Å². The maximum Gasteiger partial charge on any atom is 0.312 e. The Kier molecular flexibility index (Phi) is 10.7. The molecule has 112 valence electrons. The standard InChI is InChI=1S/C13H26O2.C2H6.H2O/c1-9(2)10(3)15-11(14)13(7,8)12(4,5)6;1-2;/h9-10H,1-8H3;1-2H3;1H2. The highest BCUT2D eigenvalue weighted by atomic mass is 16.5. The maximum absolute atomic E-state index is 12.0. The number of esters is 1. The molecule has 0 aliphatic heterocycles. The highest BCUT2D eigenvalue weighted by Crippen LogP contribution is 2.39. The second-order valence-electron chi connectivity index (χ2n) is 6.23. The normalized spacial score (nSPS) is 13.1. The third kappa shape index (κ3) is 6.39. The molecule has 0 fully saturated rings. The van der Waals surface area contributed by atoms with Crippen molar-refractivity contribution < 1.29 is 15.0 Å². The molecule has 0 aromatic heterocycles. The van der Waals surface area contributed by atoms with Gasteiger partial charge in [0, 0.05) is 0 Å². The monoisotopic (exact) mass is 262 g/mol. The number of hydrogen-bond acceptors (Lipinski definition) is 2. The van der Waals surface area contributed by atoms with E-state index in [1.165, 1.54) is 0 Å². The highest BCUT2D eigenvalue weighted by molar-refractivity contribution is 5.77. The minimum Gasteiger partial charge on any atom is -0.462 e. The lowest BCUT2D eigenvalue weighted by Gasteiger charge is -2.37. The van der Waals surface area contributed by atoms with Crippen molar-refractivity contribution in [2.75, 3.05) is 0 Å². The minimum atomic E-state index is -0.448. The summed E-state index contributed by atoms with van der Waals surface area (Å²) in [7, 11) is 0. The molecule has 0 bridgehead atoms. The molecule has 0 rings (SSSR count). The molecule has 0 radical (unpaired) electrons. The topological polar surface area (TPSA) is 57.8 Å². The first kappa shape index (κ1) is 22.6. The van der Waals surface area contributed by atoms with E-state index < -0.39 is 5.41 Å². The van der Waals surface area contributed by atoms with Gasteiger partial charge in [-0.05, 0) is 32.1 Å². The molecule has 0 amide bonds. The molecule has 3 nitrogen and oxygen atoms in total. The Hall–Kier alpha value is -0.570. The first-order valence-electron chi connectivity index (χ1n) is 6.71. The van der Waals surface area contributed by atoms with Crippen LogP contribution in [0.15, 0.2) is 0 Å². The zero-order valence-corrected chi connectivity index (χ0v) is 14.0. The molecule has 18 heavy (non-hydrogen) atoms. The number of ether oxygens (including phenoxy) is 1. The first-order valence-corrected chi connectivity index (χ1v) is 6.71. The van der Waals surface area contributed by atoms with Crippen LogP contribution in [0, 0.1) is 16.7 Å². The van der Waals surface area contributed by atoms with Crippen LogP contribution in [-0.2, 0) is 9.53 Å². The molecule has 2 N–H and O–H groups in total. The summed E-state index contributed by atoms with van der Waals surface area (Å²) in [5.41, 5.74) is -0.531. The van der Waals surface area contributed by atoms with Crippen LogP contribution < -0.4 is 0 Å². The maximum atomic E-state index is 12.0. The van der Waals surface area contributed by atoms with Crippen LogP contribution in [0.25, 0.3) is 0 Å². The molecule has 3 heteroatoms. The number of carbonyl (C=O) groups excluding carboxylic acids is 1. The third-order valence-electron chi connectivity index (χ3n) is 3.62. The summed E-state index contributed by atoms with van der Waals surface area (Å²) < 4.78 is 5.46. The van der Waals surface area contributed by atoms with Crippen LogP contribution in [0.4, 0.5) is 0 Å². The van der Waals surface area contributed by atoms with Crippen molar-refractivity contribution in [2.45, 2.75) is 75.3 Å². The summed E-state index contributed by atoms with van der Waals surface area (Å²) in [5.74, 6) is 0.265. The summed E-state index contributed by atoms with van der Waals surface area (Å²) in [5, 5.41) is 0. The predicted octanol–water partition coefficient (Wildman–Crippen LogP) is 3.85. The Morgan fingerprint density at radius 1 is 0.944 bits per heavy atom. The number of carbonyl (C=O) groups is 1. The van der Waals surface area contributed by atoms with Gasteiger partial charge in [0.15, 0.2) is 0 Å². The van der Waals surface area contributed by atoms with Crippen molar-refractivity contribution in [3.8, 4) is 0 Å². The van der Waals surface area contributed by atoms with Gasteiger partial charge < -0.3 is 10.2 Å². The van der Waals surface area contributed by atoms with Crippen LogP contribution in [0.1, 0.15) is 69.2 Å². The highest BCUT2D eigenvalue weighted by Gasteiger charge is 2.41. The van der Waals surface area contributed by atoms with Crippen molar-refractivity contribution in [3.63, 3.8) is 0 Å². The second-order valence-corrected chi connectivity index (χ2v) is 6.23. The fourth-order valence-corrected chi connectivity index (χ4v) is 0.758. The summed E-state index contributed by atoms with van der Waals surface area (Å²) in [6, 6.07) is 0. The zero-order chi connectivity index (χ0) is 14.4. The van der Waals surface area contributed by atoms with Crippen molar-refractivity contribution >= 4 is 5.97 Å². The molecular formula is C15H34O3. The van der Waals surface area contributed by atoms with E-state index in [9.17, 15) is 4.79 Å². The van der Waals surface area contributed by atoms with Crippen molar-refractivity contribution in [3.05, 3.63) is 0 Å². The minimum absolute atomic E-state index is 0. The van der Waals surface area contributed by atoms with E-state index in [0.29, 0.717) is 5.92 Å². The largest absolute Gasteiger partial charge is 0.462 e. The summed E-state index contributed by atoms with van der Waals surface area (Å²) in [4.78, 5) is 12.0. The fraction of sp³-hybridized carbons (Fsp3) is 0.933. The van der Waals surface area contributed by atoms with Crippen molar-refractivity contribution in [1.82, 2.24) is 0 Å².